The Bertz CT molecular complexity index is 1200. The van der Waals surface area contributed by atoms with Gasteiger partial charge in [-0.1, -0.05) is 17.7 Å². The first-order valence-corrected chi connectivity index (χ1v) is 10.1. The van der Waals surface area contributed by atoms with E-state index in [0.29, 0.717) is 0 Å². The number of methoxy groups -OCH3 is 1. The van der Waals surface area contributed by atoms with Crippen LogP contribution in [0.25, 0.3) is 21.9 Å². The number of rotatable bonds is 3. The Morgan fingerprint density at radius 2 is 1.79 bits per heavy atom. The maximum Gasteiger partial charge on any atom is 0.156 e. The summed E-state index contributed by atoms with van der Waals surface area (Å²) in [6, 6.07) is 12.1. The van der Waals surface area contributed by atoms with Gasteiger partial charge in [0.2, 0.25) is 0 Å². The van der Waals surface area contributed by atoms with Gasteiger partial charge in [0.1, 0.15) is 23.1 Å². The summed E-state index contributed by atoms with van der Waals surface area (Å²) in [5.74, 6) is 1.77. The molecule has 0 radical (unpaired) electrons. The molecule has 0 spiro atoms. The van der Waals surface area contributed by atoms with Crippen LogP contribution in [0, 0.1) is 6.92 Å². The van der Waals surface area contributed by atoms with E-state index in [-0.39, 0.29) is 0 Å². The molecular weight excluding hydrogens is 386 g/mol. The van der Waals surface area contributed by atoms with Crippen LogP contribution < -0.4 is 14.5 Å². The van der Waals surface area contributed by atoms with Crippen LogP contribution in [-0.4, -0.2) is 48.2 Å². The molecule has 0 saturated carbocycles. The summed E-state index contributed by atoms with van der Waals surface area (Å²) in [7, 11) is 1.68. The van der Waals surface area contributed by atoms with Crippen molar-refractivity contribution in [1.29, 1.82) is 0 Å². The Labute approximate surface area is 174 Å². The first kappa shape index (κ1) is 18.1. The smallest absolute Gasteiger partial charge is 0.156 e. The Balaban J connectivity index is 1.45. The maximum absolute atomic E-state index is 6.22. The molecule has 6 nitrogen and oxygen atoms in total. The van der Waals surface area contributed by atoms with Gasteiger partial charge in [-0.15, -0.1) is 0 Å². The first-order chi connectivity index (χ1) is 14.1. The highest BCUT2D eigenvalue weighted by atomic mass is 35.5. The van der Waals surface area contributed by atoms with Crippen LogP contribution in [0.2, 0.25) is 5.02 Å². The summed E-state index contributed by atoms with van der Waals surface area (Å²) in [6.07, 6.45) is 1.65. The largest absolute Gasteiger partial charge is 0.497 e. The molecule has 0 unspecified atom stereocenters. The number of aromatic nitrogens is 3. The first-order valence-electron chi connectivity index (χ1n) is 9.70. The van der Waals surface area contributed by atoms with E-state index >= 15 is 0 Å². The van der Waals surface area contributed by atoms with Crippen molar-refractivity contribution in [2.24, 2.45) is 0 Å². The number of anilines is 2. The van der Waals surface area contributed by atoms with E-state index in [1.54, 1.807) is 13.4 Å². The number of H-pyrrole nitrogens is 1. The van der Waals surface area contributed by atoms with Crippen molar-refractivity contribution in [1.82, 2.24) is 15.0 Å². The summed E-state index contributed by atoms with van der Waals surface area (Å²) >= 11 is 6.22. The van der Waals surface area contributed by atoms with Gasteiger partial charge in [-0.3, -0.25) is 0 Å². The number of halogens is 1. The zero-order chi connectivity index (χ0) is 20.0. The van der Waals surface area contributed by atoms with Crippen molar-refractivity contribution in [3.8, 4) is 5.75 Å². The van der Waals surface area contributed by atoms with Crippen LogP contribution in [0.5, 0.6) is 5.75 Å². The lowest BCUT2D eigenvalue weighted by Crippen LogP contribution is -2.47. The molecule has 0 bridgehead atoms. The standard InChI is InChI=1S/C22H22ClN5O/c1-14-3-4-15(23)11-19(14)27-7-9-28(10-8-27)22-21-20(24-13-25-22)17-12-16(29-2)5-6-18(17)26-21/h3-6,11-13,26H,7-10H2,1-2H3. The monoisotopic (exact) mass is 407 g/mol. The van der Waals surface area contributed by atoms with Gasteiger partial charge in [-0.05, 0) is 42.8 Å². The van der Waals surface area contributed by atoms with E-state index < -0.39 is 0 Å². The number of hydrogen-bond donors (Lipinski definition) is 1. The molecule has 4 aromatic rings. The highest BCUT2D eigenvalue weighted by Crippen LogP contribution is 2.32. The van der Waals surface area contributed by atoms with Crippen molar-refractivity contribution >= 4 is 45.0 Å². The molecule has 1 aliphatic heterocycles. The average Bonchev–Trinajstić information content (AvgIpc) is 3.13. The number of nitrogens with one attached hydrogen (secondary N) is 1. The number of benzene rings is 2. The molecule has 1 N–H and O–H groups in total. The Kier molecular flexibility index (Phi) is 4.43. The van der Waals surface area contributed by atoms with E-state index in [2.05, 4.69) is 43.8 Å². The van der Waals surface area contributed by atoms with Gasteiger partial charge < -0.3 is 19.5 Å². The molecule has 29 heavy (non-hydrogen) atoms. The number of aromatic amines is 1. The fraction of sp³-hybridized carbons (Fsp3) is 0.273. The van der Waals surface area contributed by atoms with Gasteiger partial charge >= 0.3 is 0 Å². The molecule has 1 saturated heterocycles. The van der Waals surface area contributed by atoms with E-state index in [0.717, 1.165) is 64.7 Å². The normalized spacial score (nSPS) is 14.7. The van der Waals surface area contributed by atoms with E-state index in [9.17, 15) is 0 Å². The topological polar surface area (TPSA) is 57.3 Å². The molecule has 1 aliphatic rings. The summed E-state index contributed by atoms with van der Waals surface area (Å²) < 4.78 is 5.38. The molecule has 0 amide bonds. The lowest BCUT2D eigenvalue weighted by molar-refractivity contribution is 0.415. The van der Waals surface area contributed by atoms with Crippen molar-refractivity contribution in [3.05, 3.63) is 53.3 Å². The zero-order valence-corrected chi connectivity index (χ0v) is 17.2. The molecular formula is C22H22ClN5O. The van der Waals surface area contributed by atoms with Crippen molar-refractivity contribution in [2.75, 3.05) is 43.1 Å². The molecule has 1 fully saturated rings. The van der Waals surface area contributed by atoms with Crippen LogP contribution in [-0.2, 0) is 0 Å². The maximum atomic E-state index is 6.22. The minimum absolute atomic E-state index is 0.777. The van der Waals surface area contributed by atoms with Crippen LogP contribution in [0.4, 0.5) is 11.5 Å². The third-order valence-electron chi connectivity index (χ3n) is 5.66. The number of ether oxygens (including phenoxy) is 1. The Morgan fingerprint density at radius 3 is 2.59 bits per heavy atom. The fourth-order valence-electron chi connectivity index (χ4n) is 4.11. The van der Waals surface area contributed by atoms with Gasteiger partial charge in [0.15, 0.2) is 5.82 Å². The fourth-order valence-corrected chi connectivity index (χ4v) is 4.27. The van der Waals surface area contributed by atoms with E-state index in [1.807, 2.05) is 24.3 Å². The minimum atomic E-state index is 0.777. The molecule has 5 rings (SSSR count). The second kappa shape index (κ2) is 7.12. The van der Waals surface area contributed by atoms with Crippen LogP contribution in [0.1, 0.15) is 5.56 Å². The second-order valence-corrected chi connectivity index (χ2v) is 7.80. The summed E-state index contributed by atoms with van der Waals surface area (Å²) in [4.78, 5) is 17.4. The number of aryl methyl sites for hydroxylation is 1. The summed E-state index contributed by atoms with van der Waals surface area (Å²) in [6.45, 7) is 5.74. The lowest BCUT2D eigenvalue weighted by atomic mass is 10.1. The third kappa shape index (κ3) is 3.13. The molecule has 7 heteroatoms. The predicted octanol–water partition coefficient (Wildman–Crippen LogP) is 4.41. The van der Waals surface area contributed by atoms with Gasteiger partial charge in [0.05, 0.1) is 7.11 Å². The molecule has 148 valence electrons. The van der Waals surface area contributed by atoms with Crippen molar-refractivity contribution < 1.29 is 4.74 Å². The number of fused-ring (bicyclic) bond motifs is 3. The predicted molar refractivity (Wildman–Crippen MR) is 119 cm³/mol. The highest BCUT2D eigenvalue weighted by Gasteiger charge is 2.22. The van der Waals surface area contributed by atoms with Crippen LogP contribution in [0.15, 0.2) is 42.7 Å². The van der Waals surface area contributed by atoms with E-state index in [4.69, 9.17) is 16.3 Å². The number of nitrogens with zero attached hydrogens (tertiary/aromatic N) is 4. The lowest BCUT2D eigenvalue weighted by Gasteiger charge is -2.37. The zero-order valence-electron chi connectivity index (χ0n) is 16.4. The molecule has 2 aromatic carbocycles. The van der Waals surface area contributed by atoms with Crippen molar-refractivity contribution in [3.63, 3.8) is 0 Å². The second-order valence-electron chi connectivity index (χ2n) is 7.36. The van der Waals surface area contributed by atoms with Gasteiger partial charge in [-0.25, -0.2) is 9.97 Å². The molecule has 3 heterocycles. The Morgan fingerprint density at radius 1 is 1.00 bits per heavy atom. The SMILES string of the molecule is COc1ccc2[nH]c3c(N4CCN(c5cc(Cl)ccc5C)CC4)ncnc3c2c1. The van der Waals surface area contributed by atoms with Gasteiger partial charge in [-0.2, -0.15) is 0 Å². The van der Waals surface area contributed by atoms with Gasteiger partial charge in [0, 0.05) is 47.8 Å². The van der Waals surface area contributed by atoms with Gasteiger partial charge in [0.25, 0.3) is 0 Å². The average molecular weight is 408 g/mol. The Hall–Kier alpha value is -2.99. The molecule has 0 atom stereocenters. The minimum Gasteiger partial charge on any atom is -0.497 e. The molecule has 0 aliphatic carbocycles. The summed E-state index contributed by atoms with van der Waals surface area (Å²) in [5, 5.41) is 1.83. The summed E-state index contributed by atoms with van der Waals surface area (Å²) in [5.41, 5.74) is 5.40. The molecule has 2 aromatic heterocycles. The van der Waals surface area contributed by atoms with E-state index in [1.165, 1.54) is 11.3 Å². The quantitative estimate of drug-likeness (QED) is 0.545. The number of piperazine rings is 1. The van der Waals surface area contributed by atoms with Crippen LogP contribution in [0.3, 0.4) is 0 Å². The number of hydrogen-bond acceptors (Lipinski definition) is 5. The van der Waals surface area contributed by atoms with Crippen LogP contribution >= 0.6 is 11.6 Å². The van der Waals surface area contributed by atoms with Crippen molar-refractivity contribution in [2.45, 2.75) is 6.92 Å². The highest BCUT2D eigenvalue weighted by molar-refractivity contribution is 6.30. The third-order valence-corrected chi connectivity index (χ3v) is 5.89.